The Kier molecular flexibility index (Phi) is 4.57. The summed E-state index contributed by atoms with van der Waals surface area (Å²) in [5.74, 6) is 2.45. The van der Waals surface area contributed by atoms with Crippen LogP contribution in [0.5, 0.6) is 17.4 Å². The first-order valence-corrected chi connectivity index (χ1v) is 8.65. The normalized spacial score (nSPS) is 10.9. The van der Waals surface area contributed by atoms with E-state index in [2.05, 4.69) is 15.1 Å². The first kappa shape index (κ1) is 17.8. The van der Waals surface area contributed by atoms with Gasteiger partial charge in [-0.15, -0.1) is 0 Å². The molecule has 0 amide bonds. The van der Waals surface area contributed by atoms with E-state index in [1.165, 1.54) is 0 Å². The van der Waals surface area contributed by atoms with Crippen LogP contribution in [-0.4, -0.2) is 36.5 Å². The molecule has 0 unspecified atom stereocenters. The molecule has 2 heterocycles. The summed E-state index contributed by atoms with van der Waals surface area (Å²) in [6.07, 6.45) is 0. The van der Waals surface area contributed by atoms with Crippen molar-refractivity contribution in [3.05, 3.63) is 48.0 Å². The lowest BCUT2D eigenvalue weighted by Crippen LogP contribution is -1.95. The average Bonchev–Trinajstić information content (AvgIpc) is 3.23. The SMILES string of the molecule is COc1cc(OC)cc(-c2nc(-c3cc4cccc(C)c4nc3OC)no2)c1. The predicted molar refractivity (Wildman–Crippen MR) is 105 cm³/mol. The topological polar surface area (TPSA) is 79.5 Å². The van der Waals surface area contributed by atoms with Crippen LogP contribution in [0, 0.1) is 6.92 Å². The zero-order valence-electron chi connectivity index (χ0n) is 16.0. The number of para-hydroxylation sites is 1. The summed E-state index contributed by atoms with van der Waals surface area (Å²) in [7, 11) is 4.75. The van der Waals surface area contributed by atoms with Crippen molar-refractivity contribution >= 4 is 10.9 Å². The summed E-state index contributed by atoms with van der Waals surface area (Å²) in [5, 5.41) is 5.10. The summed E-state index contributed by atoms with van der Waals surface area (Å²) in [6.45, 7) is 2.01. The number of hydrogen-bond donors (Lipinski definition) is 0. The third-order valence-corrected chi connectivity index (χ3v) is 4.47. The molecule has 0 N–H and O–H groups in total. The Balaban J connectivity index is 1.82. The Bertz CT molecular complexity index is 1130. The minimum atomic E-state index is 0.346. The molecule has 7 nitrogen and oxygen atoms in total. The maximum Gasteiger partial charge on any atom is 0.258 e. The first-order chi connectivity index (χ1) is 13.6. The molecule has 0 atom stereocenters. The minimum absolute atomic E-state index is 0.346. The number of rotatable bonds is 5. The van der Waals surface area contributed by atoms with E-state index in [1.54, 1.807) is 39.5 Å². The van der Waals surface area contributed by atoms with Gasteiger partial charge in [0.2, 0.25) is 11.7 Å². The van der Waals surface area contributed by atoms with Crippen molar-refractivity contribution in [3.8, 4) is 40.2 Å². The molecule has 28 heavy (non-hydrogen) atoms. The zero-order valence-corrected chi connectivity index (χ0v) is 16.0. The maximum absolute atomic E-state index is 5.48. The highest BCUT2D eigenvalue weighted by atomic mass is 16.5. The van der Waals surface area contributed by atoms with Crippen LogP contribution in [0.3, 0.4) is 0 Å². The molecule has 7 heteroatoms. The molecular formula is C21H19N3O4. The van der Waals surface area contributed by atoms with E-state index in [9.17, 15) is 0 Å². The molecule has 0 aliphatic heterocycles. The Morgan fingerprint density at radius 2 is 1.61 bits per heavy atom. The third-order valence-electron chi connectivity index (χ3n) is 4.47. The fraction of sp³-hybridized carbons (Fsp3) is 0.190. The third kappa shape index (κ3) is 3.11. The molecule has 0 bridgehead atoms. The van der Waals surface area contributed by atoms with Crippen LogP contribution in [-0.2, 0) is 0 Å². The highest BCUT2D eigenvalue weighted by molar-refractivity contribution is 5.87. The molecule has 0 fully saturated rings. The number of nitrogens with zero attached hydrogens (tertiary/aromatic N) is 3. The summed E-state index contributed by atoms with van der Waals surface area (Å²) < 4.78 is 21.6. The van der Waals surface area contributed by atoms with Gasteiger partial charge in [0.15, 0.2) is 0 Å². The number of methoxy groups -OCH3 is 3. The van der Waals surface area contributed by atoms with Gasteiger partial charge < -0.3 is 18.7 Å². The van der Waals surface area contributed by atoms with Gasteiger partial charge in [0.05, 0.1) is 32.4 Å². The van der Waals surface area contributed by atoms with Gasteiger partial charge in [-0.3, -0.25) is 0 Å². The molecule has 2 aromatic heterocycles. The number of pyridine rings is 1. The van der Waals surface area contributed by atoms with E-state index in [4.69, 9.17) is 18.7 Å². The van der Waals surface area contributed by atoms with Gasteiger partial charge in [-0.2, -0.15) is 4.98 Å². The van der Waals surface area contributed by atoms with Crippen LogP contribution in [0.25, 0.3) is 33.7 Å². The van der Waals surface area contributed by atoms with Crippen molar-refractivity contribution in [2.45, 2.75) is 6.92 Å². The molecule has 0 spiro atoms. The first-order valence-electron chi connectivity index (χ1n) is 8.65. The van der Waals surface area contributed by atoms with E-state index >= 15 is 0 Å². The summed E-state index contributed by atoms with van der Waals surface area (Å²) in [4.78, 5) is 9.15. The van der Waals surface area contributed by atoms with Crippen molar-refractivity contribution in [2.75, 3.05) is 21.3 Å². The monoisotopic (exact) mass is 377 g/mol. The smallest absolute Gasteiger partial charge is 0.258 e. The Morgan fingerprint density at radius 1 is 0.857 bits per heavy atom. The Labute approximate surface area is 161 Å². The van der Waals surface area contributed by atoms with Crippen molar-refractivity contribution < 1.29 is 18.7 Å². The zero-order chi connectivity index (χ0) is 19.7. The standard InChI is InChI=1S/C21H19N3O4/c1-12-6-5-7-13-10-17(21(27-4)22-18(12)13)19-23-20(28-24-19)14-8-15(25-2)11-16(9-14)26-3/h5-11H,1-4H3. The lowest BCUT2D eigenvalue weighted by molar-refractivity contribution is 0.393. The van der Waals surface area contributed by atoms with E-state index < -0.39 is 0 Å². The predicted octanol–water partition coefficient (Wildman–Crippen LogP) is 4.29. The summed E-state index contributed by atoms with van der Waals surface area (Å²) in [5.41, 5.74) is 3.30. The maximum atomic E-state index is 5.48. The van der Waals surface area contributed by atoms with Crippen molar-refractivity contribution in [3.63, 3.8) is 0 Å². The number of benzene rings is 2. The highest BCUT2D eigenvalue weighted by Crippen LogP contribution is 2.34. The van der Waals surface area contributed by atoms with Gasteiger partial charge in [-0.25, -0.2) is 4.98 Å². The van der Waals surface area contributed by atoms with Gasteiger partial charge in [-0.05, 0) is 30.7 Å². The molecule has 0 aliphatic rings. The van der Waals surface area contributed by atoms with E-state index in [0.717, 1.165) is 16.5 Å². The molecule has 0 saturated heterocycles. The van der Waals surface area contributed by atoms with Gasteiger partial charge in [0.25, 0.3) is 5.89 Å². The highest BCUT2D eigenvalue weighted by Gasteiger charge is 2.18. The second-order valence-corrected chi connectivity index (χ2v) is 6.22. The van der Waals surface area contributed by atoms with E-state index in [1.807, 2.05) is 31.2 Å². The van der Waals surface area contributed by atoms with Gasteiger partial charge in [-0.1, -0.05) is 23.4 Å². The quantitative estimate of drug-likeness (QED) is 0.513. The van der Waals surface area contributed by atoms with E-state index in [-0.39, 0.29) is 0 Å². The molecule has 0 saturated carbocycles. The average molecular weight is 377 g/mol. The van der Waals surface area contributed by atoms with Crippen LogP contribution in [0.1, 0.15) is 5.56 Å². The second kappa shape index (κ2) is 7.19. The second-order valence-electron chi connectivity index (χ2n) is 6.22. The number of ether oxygens (including phenoxy) is 3. The number of aryl methyl sites for hydroxylation is 1. The fourth-order valence-electron chi connectivity index (χ4n) is 3.03. The van der Waals surface area contributed by atoms with Crippen LogP contribution in [0.2, 0.25) is 0 Å². The van der Waals surface area contributed by atoms with Gasteiger partial charge in [0.1, 0.15) is 11.5 Å². The number of aromatic nitrogens is 3. The minimum Gasteiger partial charge on any atom is -0.497 e. The lowest BCUT2D eigenvalue weighted by atomic mass is 10.1. The fourth-order valence-corrected chi connectivity index (χ4v) is 3.03. The Hall–Kier alpha value is -3.61. The lowest BCUT2D eigenvalue weighted by Gasteiger charge is -2.08. The van der Waals surface area contributed by atoms with E-state index in [0.29, 0.717) is 40.2 Å². The molecule has 2 aromatic carbocycles. The molecule has 4 rings (SSSR count). The Morgan fingerprint density at radius 3 is 2.29 bits per heavy atom. The molecule has 4 aromatic rings. The molecule has 142 valence electrons. The van der Waals surface area contributed by atoms with Crippen LogP contribution in [0.15, 0.2) is 47.0 Å². The molecular weight excluding hydrogens is 358 g/mol. The van der Waals surface area contributed by atoms with Crippen LogP contribution >= 0.6 is 0 Å². The van der Waals surface area contributed by atoms with Crippen molar-refractivity contribution in [1.82, 2.24) is 15.1 Å². The van der Waals surface area contributed by atoms with Crippen molar-refractivity contribution in [2.24, 2.45) is 0 Å². The number of hydrogen-bond acceptors (Lipinski definition) is 7. The number of fused-ring (bicyclic) bond motifs is 1. The summed E-state index contributed by atoms with van der Waals surface area (Å²) >= 11 is 0. The van der Waals surface area contributed by atoms with Gasteiger partial charge >= 0.3 is 0 Å². The summed E-state index contributed by atoms with van der Waals surface area (Å²) in [6, 6.07) is 13.3. The van der Waals surface area contributed by atoms with Crippen LogP contribution < -0.4 is 14.2 Å². The molecule has 0 aliphatic carbocycles. The van der Waals surface area contributed by atoms with Crippen molar-refractivity contribution in [1.29, 1.82) is 0 Å². The largest absolute Gasteiger partial charge is 0.497 e. The van der Waals surface area contributed by atoms with Gasteiger partial charge in [0, 0.05) is 17.0 Å². The van der Waals surface area contributed by atoms with Crippen LogP contribution in [0.4, 0.5) is 0 Å². The molecule has 0 radical (unpaired) electrons.